The highest BCUT2D eigenvalue weighted by Crippen LogP contribution is 2.44. The van der Waals surface area contributed by atoms with Gasteiger partial charge in [0, 0.05) is 29.5 Å². The fourth-order valence-corrected chi connectivity index (χ4v) is 12.9. The Hall–Kier alpha value is -2.70. The van der Waals surface area contributed by atoms with Crippen molar-refractivity contribution in [2.24, 2.45) is 0 Å². The molecular weight excluding hydrogens is 601 g/mol. The summed E-state index contributed by atoms with van der Waals surface area (Å²) in [5.74, 6) is 2.67. The first kappa shape index (κ1) is 37.1. The van der Waals surface area contributed by atoms with Gasteiger partial charge in [-0.15, -0.1) is 0 Å². The molecule has 3 aromatic carbocycles. The van der Waals surface area contributed by atoms with E-state index in [1.807, 2.05) is 0 Å². The van der Waals surface area contributed by atoms with E-state index in [4.69, 9.17) is 0 Å². The van der Waals surface area contributed by atoms with Crippen LogP contribution in [-0.2, 0) is 0 Å². The zero-order chi connectivity index (χ0) is 35.0. The molecule has 1 aliphatic heterocycles. The molecule has 0 N–H and O–H groups in total. The molecule has 0 saturated heterocycles. The number of anilines is 3. The molecule has 3 nitrogen and oxygen atoms in total. The van der Waals surface area contributed by atoms with E-state index in [1.165, 1.54) is 50.4 Å². The van der Waals surface area contributed by atoms with E-state index in [9.17, 15) is 0 Å². The van der Waals surface area contributed by atoms with Crippen molar-refractivity contribution >= 4 is 41.4 Å². The lowest BCUT2D eigenvalue weighted by molar-refractivity contribution is 0.831. The lowest BCUT2D eigenvalue weighted by Crippen LogP contribution is -2.62. The highest BCUT2D eigenvalue weighted by molar-refractivity contribution is 7.21. The fraction of sp³-hybridized carbons (Fsp3) is 0.512. The second-order valence-electron chi connectivity index (χ2n) is 16.7. The molecule has 6 heteroatoms. The minimum atomic E-state index is -1.84. The molecule has 0 saturated carbocycles. The van der Waals surface area contributed by atoms with Crippen LogP contribution in [0.3, 0.4) is 0 Å². The van der Waals surface area contributed by atoms with Crippen LogP contribution in [0.2, 0.25) is 19.6 Å². The third-order valence-electron chi connectivity index (χ3n) is 10.00. The van der Waals surface area contributed by atoms with Gasteiger partial charge in [0.25, 0.3) is 0 Å². The monoisotopic (exact) mass is 665 g/mol. The lowest BCUT2D eigenvalue weighted by Gasteiger charge is -2.45. The number of benzene rings is 3. The maximum Gasteiger partial charge on any atom is 0.381 e. The predicted octanol–water partition coefficient (Wildman–Crippen LogP) is 11.6. The minimum Gasteiger partial charge on any atom is -0.430 e. The Morgan fingerprint density at radius 2 is 0.766 bits per heavy atom. The minimum absolute atomic E-state index is 0.233. The molecule has 0 aliphatic carbocycles. The molecule has 0 aromatic heterocycles. The molecule has 0 bridgehead atoms. The smallest absolute Gasteiger partial charge is 0.381 e. The maximum absolute atomic E-state index is 3.02. The first-order valence-corrected chi connectivity index (χ1v) is 23.3. The van der Waals surface area contributed by atoms with Crippen molar-refractivity contribution in [2.75, 3.05) is 13.9 Å². The van der Waals surface area contributed by atoms with Gasteiger partial charge >= 0.3 is 6.57 Å². The van der Waals surface area contributed by atoms with Crippen LogP contribution in [0.15, 0.2) is 67.0 Å². The van der Waals surface area contributed by atoms with E-state index >= 15 is 0 Å². The Balaban J connectivity index is 2.07. The molecule has 0 amide bonds. The van der Waals surface area contributed by atoms with Crippen LogP contribution in [0.5, 0.6) is 0 Å². The van der Waals surface area contributed by atoms with Gasteiger partial charge in [0.05, 0.1) is 0 Å². The van der Waals surface area contributed by atoms with Crippen LogP contribution < -0.4 is 13.9 Å². The van der Waals surface area contributed by atoms with Gasteiger partial charge in [-0.3, -0.25) is 0 Å². The maximum atomic E-state index is 3.02. The molecule has 1 heterocycles. The Morgan fingerprint density at radius 1 is 0.489 bits per heavy atom. The second kappa shape index (κ2) is 14.8. The summed E-state index contributed by atoms with van der Waals surface area (Å²) in [5, 5.41) is 0. The van der Waals surface area contributed by atoms with Gasteiger partial charge in [-0.05, 0) is 68.9 Å². The van der Waals surface area contributed by atoms with Crippen molar-refractivity contribution in [3.63, 3.8) is 0 Å². The number of rotatable bonds is 12. The number of hydrogen-bond donors (Lipinski definition) is 0. The van der Waals surface area contributed by atoms with Crippen LogP contribution >= 0.6 is 0 Å². The van der Waals surface area contributed by atoms with Crippen LogP contribution in [-0.4, -0.2) is 24.4 Å². The van der Waals surface area contributed by atoms with Crippen LogP contribution in [0.25, 0.3) is 0 Å². The molecule has 0 atom stereocenters. The fourth-order valence-electron chi connectivity index (χ4n) is 7.41. The lowest BCUT2D eigenvalue weighted by atomic mass is 9.87. The Bertz CT molecular complexity index is 1400. The normalized spacial score (nSPS) is 14.3. The summed E-state index contributed by atoms with van der Waals surface area (Å²) in [7, 11) is -2.81. The predicted molar refractivity (Wildman–Crippen MR) is 218 cm³/mol. The topological polar surface area (TPSA) is 9.72 Å². The zero-order valence-corrected chi connectivity index (χ0v) is 34.9. The highest BCUT2D eigenvalue weighted by Gasteiger charge is 2.43. The van der Waals surface area contributed by atoms with Crippen LogP contribution in [0.1, 0.15) is 152 Å². The van der Waals surface area contributed by atoms with Crippen molar-refractivity contribution in [1.82, 2.24) is 0 Å². The summed E-state index contributed by atoms with van der Waals surface area (Å²) in [4.78, 5) is 5.44. The summed E-state index contributed by atoms with van der Waals surface area (Å²) in [6.07, 6.45) is 4.87. The zero-order valence-electron chi connectivity index (χ0n) is 32.4. The average molecular weight is 666 g/mol. The van der Waals surface area contributed by atoms with Gasteiger partial charge in [-0.2, -0.15) is 0 Å². The summed E-state index contributed by atoms with van der Waals surface area (Å²) >= 11 is 0. The average Bonchev–Trinajstić information content (AvgIpc) is 3.40. The number of para-hydroxylation sites is 3. The summed E-state index contributed by atoms with van der Waals surface area (Å²) < 4.78 is 3.02. The van der Waals surface area contributed by atoms with Gasteiger partial charge in [-0.25, -0.2) is 0 Å². The summed E-state index contributed by atoms with van der Waals surface area (Å²) in [5.41, 5.74) is 13.2. The van der Waals surface area contributed by atoms with E-state index < -0.39 is 17.8 Å². The van der Waals surface area contributed by atoms with Gasteiger partial charge in [0.2, 0.25) is 0 Å². The van der Waals surface area contributed by atoms with Gasteiger partial charge in [-0.1, -0.05) is 157 Å². The van der Waals surface area contributed by atoms with Gasteiger partial charge < -0.3 is 13.9 Å². The summed E-state index contributed by atoms with van der Waals surface area (Å²) in [6.45, 7) is 36.4. The van der Waals surface area contributed by atoms with Crippen molar-refractivity contribution in [3.05, 3.63) is 100 Å². The Kier molecular flexibility index (Phi) is 11.7. The number of hydrogen-bond acceptors (Lipinski definition) is 3. The van der Waals surface area contributed by atoms with E-state index in [0.717, 1.165) is 0 Å². The van der Waals surface area contributed by atoms with Gasteiger partial charge in [0.15, 0.2) is 0 Å². The van der Waals surface area contributed by atoms with E-state index in [2.05, 4.69) is 184 Å². The summed E-state index contributed by atoms with van der Waals surface area (Å²) in [6, 6.07) is 21.2. The molecule has 0 radical (unpaired) electrons. The quantitative estimate of drug-likeness (QED) is 0.178. The van der Waals surface area contributed by atoms with Crippen LogP contribution in [0.4, 0.5) is 17.1 Å². The highest BCUT2D eigenvalue weighted by atomic mass is 28.4. The van der Waals surface area contributed by atoms with Gasteiger partial charge in [0.1, 0.15) is 17.8 Å². The molecule has 0 spiro atoms. The SMILES string of the molecule is CC(C)c1cccc(C(C)C)c1N1C=CN(c2c(C(C)C)cccc2C(C)C)B1[SiH2]N(c1c(C(C)C)cccc1C(C)C)[Si](C)(C)C. The molecule has 3 aromatic rings. The molecule has 1 aliphatic rings. The largest absolute Gasteiger partial charge is 0.430 e. The standard InChI is InChI=1S/C41H64BN3Si2/c1-27(2)33-19-16-20-34(28(3)4)39(33)43-25-26-44(40-35(29(5)6)21-17-22-36(40)30(7)8)42(43)46-45(47(13,14)15)41-37(31(9)10)23-18-24-38(41)32(11)12/h16-32H,46H2,1-15H3. The third-order valence-corrected chi connectivity index (χ3v) is 17.0. The van der Waals surface area contributed by atoms with Crippen molar-refractivity contribution in [3.8, 4) is 0 Å². The van der Waals surface area contributed by atoms with Crippen molar-refractivity contribution < 1.29 is 0 Å². The first-order valence-electron chi connectivity index (χ1n) is 18.4. The molecule has 254 valence electrons. The van der Waals surface area contributed by atoms with E-state index in [1.54, 1.807) is 0 Å². The molecule has 4 rings (SSSR count). The Labute approximate surface area is 292 Å². The molecule has 0 unspecified atom stereocenters. The second-order valence-corrected chi connectivity index (χ2v) is 23.9. The molecule has 47 heavy (non-hydrogen) atoms. The third kappa shape index (κ3) is 7.64. The van der Waals surface area contributed by atoms with E-state index in [-0.39, 0.29) is 6.57 Å². The van der Waals surface area contributed by atoms with Crippen LogP contribution in [0, 0.1) is 0 Å². The van der Waals surface area contributed by atoms with Crippen molar-refractivity contribution in [2.45, 2.75) is 138 Å². The molecular formula is C41H64BN3Si2. The number of nitrogens with zero attached hydrogens (tertiary/aromatic N) is 3. The Morgan fingerprint density at radius 3 is 1.02 bits per heavy atom. The van der Waals surface area contributed by atoms with E-state index in [0.29, 0.717) is 35.5 Å². The first-order chi connectivity index (χ1) is 22.0. The van der Waals surface area contributed by atoms with Crippen molar-refractivity contribution in [1.29, 1.82) is 0 Å². The molecule has 0 fully saturated rings.